The van der Waals surface area contributed by atoms with Crippen molar-refractivity contribution in [3.05, 3.63) is 18.2 Å². The Balaban J connectivity index is 1.97. The van der Waals surface area contributed by atoms with Gasteiger partial charge in [0.05, 0.1) is 6.33 Å². The fraction of sp³-hybridized carbons (Fsp3) is 0.667. The maximum atomic E-state index is 11.6. The fourth-order valence-corrected chi connectivity index (χ4v) is 1.76. The zero-order chi connectivity index (χ0) is 16.4. The number of rotatable bonds is 8. The molecule has 1 aromatic heterocycles. The Morgan fingerprint density at radius 3 is 2.64 bits per heavy atom. The molecule has 0 spiro atoms. The second-order valence-corrected chi connectivity index (χ2v) is 6.06. The molecule has 124 valence electrons. The number of aromatic amines is 1. The van der Waals surface area contributed by atoms with Crippen molar-refractivity contribution in [2.75, 3.05) is 13.1 Å². The maximum Gasteiger partial charge on any atom is 0.407 e. The number of unbranched alkanes of at least 4 members (excludes halogenated alkanes) is 1. The molecule has 1 heterocycles. The molecule has 0 aliphatic carbocycles. The van der Waals surface area contributed by atoms with E-state index in [-0.39, 0.29) is 5.91 Å². The van der Waals surface area contributed by atoms with Gasteiger partial charge in [-0.15, -0.1) is 0 Å². The largest absolute Gasteiger partial charge is 0.444 e. The van der Waals surface area contributed by atoms with Crippen LogP contribution in [0, 0.1) is 0 Å². The van der Waals surface area contributed by atoms with Gasteiger partial charge in [0.2, 0.25) is 5.91 Å². The highest BCUT2D eigenvalue weighted by atomic mass is 16.6. The third-order valence-corrected chi connectivity index (χ3v) is 2.77. The molecule has 0 atom stereocenters. The SMILES string of the molecule is CC(C)(C)OC(=O)NCCCCC(=O)NCCc1cnc[nH]1. The molecule has 22 heavy (non-hydrogen) atoms. The molecule has 7 nitrogen and oxygen atoms in total. The molecule has 0 aliphatic heterocycles. The van der Waals surface area contributed by atoms with E-state index in [1.165, 1.54) is 0 Å². The Bertz CT molecular complexity index is 452. The second kappa shape index (κ2) is 9.07. The third kappa shape index (κ3) is 8.99. The Labute approximate surface area is 131 Å². The van der Waals surface area contributed by atoms with E-state index in [0.717, 1.165) is 25.0 Å². The van der Waals surface area contributed by atoms with Gasteiger partial charge in [0.15, 0.2) is 0 Å². The van der Waals surface area contributed by atoms with E-state index in [1.807, 2.05) is 20.8 Å². The average molecular weight is 310 g/mol. The third-order valence-electron chi connectivity index (χ3n) is 2.77. The molecule has 0 aliphatic rings. The van der Waals surface area contributed by atoms with Gasteiger partial charge in [-0.2, -0.15) is 0 Å². The maximum absolute atomic E-state index is 11.6. The van der Waals surface area contributed by atoms with Crippen molar-refractivity contribution in [3.8, 4) is 0 Å². The van der Waals surface area contributed by atoms with E-state index in [0.29, 0.717) is 19.5 Å². The molecule has 0 fully saturated rings. The zero-order valence-electron chi connectivity index (χ0n) is 13.6. The fourth-order valence-electron chi connectivity index (χ4n) is 1.76. The Kier molecular flexibility index (Phi) is 7.42. The molecular weight excluding hydrogens is 284 g/mol. The lowest BCUT2D eigenvalue weighted by molar-refractivity contribution is -0.121. The molecule has 1 rings (SSSR count). The molecule has 1 aromatic rings. The number of H-pyrrole nitrogens is 1. The Morgan fingerprint density at radius 2 is 2.00 bits per heavy atom. The van der Waals surface area contributed by atoms with Crippen molar-refractivity contribution in [1.82, 2.24) is 20.6 Å². The van der Waals surface area contributed by atoms with Gasteiger partial charge in [0.1, 0.15) is 5.60 Å². The van der Waals surface area contributed by atoms with Gasteiger partial charge < -0.3 is 20.4 Å². The van der Waals surface area contributed by atoms with Gasteiger partial charge in [-0.25, -0.2) is 9.78 Å². The highest BCUT2D eigenvalue weighted by Crippen LogP contribution is 2.06. The predicted molar refractivity (Wildman–Crippen MR) is 83.4 cm³/mol. The quantitative estimate of drug-likeness (QED) is 0.637. The van der Waals surface area contributed by atoms with Crippen LogP contribution in [0.3, 0.4) is 0 Å². The average Bonchev–Trinajstić information content (AvgIpc) is 2.89. The van der Waals surface area contributed by atoms with Crippen LogP contribution in [0.1, 0.15) is 45.7 Å². The number of hydrogen-bond donors (Lipinski definition) is 3. The predicted octanol–water partition coefficient (Wildman–Crippen LogP) is 1.76. The molecule has 0 aromatic carbocycles. The molecule has 2 amide bonds. The number of hydrogen-bond acceptors (Lipinski definition) is 4. The van der Waals surface area contributed by atoms with E-state index < -0.39 is 11.7 Å². The highest BCUT2D eigenvalue weighted by molar-refractivity contribution is 5.75. The number of nitrogens with zero attached hydrogens (tertiary/aromatic N) is 1. The second-order valence-electron chi connectivity index (χ2n) is 6.06. The lowest BCUT2D eigenvalue weighted by atomic mass is 10.2. The first-order valence-corrected chi connectivity index (χ1v) is 7.57. The van der Waals surface area contributed by atoms with Crippen LogP contribution in [-0.4, -0.2) is 40.7 Å². The number of carbonyl (C=O) groups excluding carboxylic acids is 2. The van der Waals surface area contributed by atoms with Crippen molar-refractivity contribution in [2.45, 2.75) is 52.1 Å². The lowest BCUT2D eigenvalue weighted by Gasteiger charge is -2.19. The van der Waals surface area contributed by atoms with Crippen LogP contribution in [0.25, 0.3) is 0 Å². The summed E-state index contributed by atoms with van der Waals surface area (Å²) in [5, 5.41) is 5.52. The standard InChI is InChI=1S/C15H26N4O3/c1-15(2,3)22-14(21)18-8-5-4-6-13(20)17-9-7-12-10-16-11-19-12/h10-11H,4-9H2,1-3H3,(H,16,19)(H,17,20)(H,18,21). The summed E-state index contributed by atoms with van der Waals surface area (Å²) in [5.74, 6) is 0.0248. The van der Waals surface area contributed by atoms with Crippen molar-refractivity contribution in [3.63, 3.8) is 0 Å². The van der Waals surface area contributed by atoms with E-state index >= 15 is 0 Å². The molecule has 0 unspecified atom stereocenters. The summed E-state index contributed by atoms with van der Waals surface area (Å²) in [6, 6.07) is 0. The van der Waals surface area contributed by atoms with E-state index in [1.54, 1.807) is 12.5 Å². The minimum absolute atomic E-state index is 0.0248. The number of aromatic nitrogens is 2. The van der Waals surface area contributed by atoms with Crippen LogP contribution in [0.15, 0.2) is 12.5 Å². The van der Waals surface area contributed by atoms with Crippen molar-refractivity contribution in [2.24, 2.45) is 0 Å². The minimum atomic E-state index is -0.487. The molecular formula is C15H26N4O3. The summed E-state index contributed by atoms with van der Waals surface area (Å²) in [5.41, 5.74) is 0.514. The van der Waals surface area contributed by atoms with E-state index in [2.05, 4.69) is 20.6 Å². The van der Waals surface area contributed by atoms with Crippen LogP contribution in [-0.2, 0) is 16.0 Å². The van der Waals surface area contributed by atoms with Gasteiger partial charge >= 0.3 is 6.09 Å². The van der Waals surface area contributed by atoms with Gasteiger partial charge in [-0.3, -0.25) is 4.79 Å². The molecule has 7 heteroatoms. The van der Waals surface area contributed by atoms with Gasteiger partial charge in [-0.05, 0) is 33.6 Å². The summed E-state index contributed by atoms with van der Waals surface area (Å²) in [6.07, 6.45) is 5.61. The lowest BCUT2D eigenvalue weighted by Crippen LogP contribution is -2.33. The summed E-state index contributed by atoms with van der Waals surface area (Å²) in [6.45, 7) is 6.56. The van der Waals surface area contributed by atoms with Gasteiger partial charge in [0, 0.05) is 37.8 Å². The van der Waals surface area contributed by atoms with E-state index in [4.69, 9.17) is 4.74 Å². The number of ether oxygens (including phenoxy) is 1. The highest BCUT2D eigenvalue weighted by Gasteiger charge is 2.15. The van der Waals surface area contributed by atoms with Crippen molar-refractivity contribution >= 4 is 12.0 Å². The molecule has 3 N–H and O–H groups in total. The van der Waals surface area contributed by atoms with Crippen LogP contribution in [0.2, 0.25) is 0 Å². The van der Waals surface area contributed by atoms with Crippen LogP contribution in [0.5, 0.6) is 0 Å². The van der Waals surface area contributed by atoms with Gasteiger partial charge in [-0.1, -0.05) is 0 Å². The summed E-state index contributed by atoms with van der Waals surface area (Å²) in [7, 11) is 0. The Morgan fingerprint density at radius 1 is 1.23 bits per heavy atom. The summed E-state index contributed by atoms with van der Waals surface area (Å²) < 4.78 is 5.12. The molecule has 0 bridgehead atoms. The number of amides is 2. The smallest absolute Gasteiger partial charge is 0.407 e. The Hall–Kier alpha value is -2.05. The molecule has 0 radical (unpaired) electrons. The topological polar surface area (TPSA) is 96.1 Å². The molecule has 0 saturated carbocycles. The van der Waals surface area contributed by atoms with Crippen LogP contribution in [0.4, 0.5) is 4.79 Å². The first-order valence-electron chi connectivity index (χ1n) is 7.57. The summed E-state index contributed by atoms with van der Waals surface area (Å²) >= 11 is 0. The van der Waals surface area contributed by atoms with Crippen molar-refractivity contribution in [1.29, 1.82) is 0 Å². The number of nitrogens with one attached hydrogen (secondary N) is 3. The molecule has 0 saturated heterocycles. The summed E-state index contributed by atoms with van der Waals surface area (Å²) in [4.78, 5) is 29.9. The first-order chi connectivity index (χ1) is 10.4. The number of imidazole rings is 1. The monoisotopic (exact) mass is 310 g/mol. The number of carbonyl (C=O) groups is 2. The minimum Gasteiger partial charge on any atom is -0.444 e. The van der Waals surface area contributed by atoms with Crippen molar-refractivity contribution < 1.29 is 14.3 Å². The number of alkyl carbamates (subject to hydrolysis) is 1. The van der Waals surface area contributed by atoms with Crippen LogP contribution < -0.4 is 10.6 Å². The van der Waals surface area contributed by atoms with E-state index in [9.17, 15) is 9.59 Å². The zero-order valence-corrected chi connectivity index (χ0v) is 13.6. The first kappa shape index (κ1) is 18.0. The normalized spacial score (nSPS) is 11.0. The van der Waals surface area contributed by atoms with Gasteiger partial charge in [0.25, 0.3) is 0 Å². The van der Waals surface area contributed by atoms with Crippen LogP contribution >= 0.6 is 0 Å².